The first-order chi connectivity index (χ1) is 10.5. The third-order valence-electron chi connectivity index (χ3n) is 3.36. The van der Waals surface area contributed by atoms with E-state index in [2.05, 4.69) is 5.32 Å². The Bertz CT molecular complexity index is 560. The van der Waals surface area contributed by atoms with Crippen LogP contribution in [0, 0.1) is 0 Å². The van der Waals surface area contributed by atoms with Crippen molar-refractivity contribution in [2.75, 3.05) is 32.9 Å². The van der Waals surface area contributed by atoms with Crippen molar-refractivity contribution in [3.63, 3.8) is 0 Å². The van der Waals surface area contributed by atoms with Crippen LogP contribution in [-0.2, 0) is 4.79 Å². The molecule has 1 N–H and O–H groups in total. The number of hydrogen-bond donors (Lipinski definition) is 1. The second-order valence-electron chi connectivity index (χ2n) is 4.84. The topological polar surface area (TPSA) is 61.9 Å². The fraction of sp³-hybridized carbons (Fsp3) is 0.429. The summed E-state index contributed by atoms with van der Waals surface area (Å²) < 4.78 is 5.40. The standard InChI is InChI=1S/C14H17Cl2N3O3/c1-10(20)18-4-6-19(7-5-18)14(21)17-9-22-13-3-2-11(15)8-12(13)16/h2-3,8H,4-7,9H2,1H3,(H,17,21). The molecule has 1 aromatic carbocycles. The van der Waals surface area contributed by atoms with Crippen molar-refractivity contribution in [1.29, 1.82) is 0 Å². The lowest BCUT2D eigenvalue weighted by molar-refractivity contribution is -0.130. The molecule has 1 fully saturated rings. The highest BCUT2D eigenvalue weighted by molar-refractivity contribution is 6.35. The van der Waals surface area contributed by atoms with Gasteiger partial charge in [-0.25, -0.2) is 4.79 Å². The molecule has 1 saturated heterocycles. The number of carbonyl (C=O) groups excluding carboxylic acids is 2. The fourth-order valence-corrected chi connectivity index (χ4v) is 2.57. The van der Waals surface area contributed by atoms with E-state index in [1.807, 2.05) is 0 Å². The Morgan fingerprint density at radius 1 is 1.18 bits per heavy atom. The predicted molar refractivity (Wildman–Crippen MR) is 84.3 cm³/mol. The van der Waals surface area contributed by atoms with Gasteiger partial charge in [0.2, 0.25) is 5.91 Å². The quantitative estimate of drug-likeness (QED) is 0.854. The van der Waals surface area contributed by atoms with Gasteiger partial charge in [0, 0.05) is 38.1 Å². The number of nitrogens with one attached hydrogen (secondary N) is 1. The number of benzene rings is 1. The Morgan fingerprint density at radius 2 is 1.82 bits per heavy atom. The SMILES string of the molecule is CC(=O)N1CCN(C(=O)NCOc2ccc(Cl)cc2Cl)CC1. The Hall–Kier alpha value is -1.66. The van der Waals surface area contributed by atoms with Gasteiger partial charge in [-0.2, -0.15) is 0 Å². The average molecular weight is 346 g/mol. The van der Waals surface area contributed by atoms with Crippen molar-refractivity contribution < 1.29 is 14.3 Å². The first-order valence-electron chi connectivity index (χ1n) is 6.83. The summed E-state index contributed by atoms with van der Waals surface area (Å²) >= 11 is 11.8. The minimum Gasteiger partial charge on any atom is -0.472 e. The Kier molecular flexibility index (Phi) is 5.74. The zero-order valence-electron chi connectivity index (χ0n) is 12.1. The van der Waals surface area contributed by atoms with Gasteiger partial charge in [0.05, 0.1) is 5.02 Å². The van der Waals surface area contributed by atoms with Crippen LogP contribution in [0.4, 0.5) is 4.79 Å². The van der Waals surface area contributed by atoms with E-state index >= 15 is 0 Å². The van der Waals surface area contributed by atoms with Crippen LogP contribution in [0.5, 0.6) is 5.75 Å². The second kappa shape index (κ2) is 7.56. The van der Waals surface area contributed by atoms with Crippen LogP contribution in [0.3, 0.4) is 0 Å². The summed E-state index contributed by atoms with van der Waals surface area (Å²) in [7, 11) is 0. The van der Waals surface area contributed by atoms with Crippen LogP contribution in [-0.4, -0.2) is 54.6 Å². The average Bonchev–Trinajstić information content (AvgIpc) is 2.49. The molecule has 0 atom stereocenters. The molecular weight excluding hydrogens is 329 g/mol. The van der Waals surface area contributed by atoms with E-state index < -0.39 is 0 Å². The minimum atomic E-state index is -0.228. The Morgan fingerprint density at radius 3 is 2.41 bits per heavy atom. The molecular formula is C14H17Cl2N3O3. The number of ether oxygens (including phenoxy) is 1. The van der Waals surface area contributed by atoms with Gasteiger partial charge in [0.25, 0.3) is 0 Å². The molecule has 0 unspecified atom stereocenters. The maximum absolute atomic E-state index is 12.0. The molecule has 1 heterocycles. The second-order valence-corrected chi connectivity index (χ2v) is 5.68. The Labute approximate surface area is 138 Å². The molecule has 1 aromatic rings. The highest BCUT2D eigenvalue weighted by Gasteiger charge is 2.22. The minimum absolute atomic E-state index is 0.00705. The van der Waals surface area contributed by atoms with Crippen LogP contribution in [0.25, 0.3) is 0 Å². The summed E-state index contributed by atoms with van der Waals surface area (Å²) in [4.78, 5) is 26.6. The number of piperazine rings is 1. The lowest BCUT2D eigenvalue weighted by Gasteiger charge is -2.34. The highest BCUT2D eigenvalue weighted by Crippen LogP contribution is 2.27. The Balaban J connectivity index is 1.75. The van der Waals surface area contributed by atoms with Crippen LogP contribution in [0.1, 0.15) is 6.92 Å². The van der Waals surface area contributed by atoms with Crippen molar-refractivity contribution in [3.8, 4) is 5.75 Å². The molecule has 0 radical (unpaired) electrons. The van der Waals surface area contributed by atoms with Crippen LogP contribution in [0.2, 0.25) is 10.0 Å². The molecule has 8 heteroatoms. The van der Waals surface area contributed by atoms with Gasteiger partial charge in [-0.1, -0.05) is 23.2 Å². The lowest BCUT2D eigenvalue weighted by Crippen LogP contribution is -2.53. The summed E-state index contributed by atoms with van der Waals surface area (Å²) in [6.07, 6.45) is 0. The smallest absolute Gasteiger partial charge is 0.320 e. The summed E-state index contributed by atoms with van der Waals surface area (Å²) in [5, 5.41) is 3.56. The maximum Gasteiger partial charge on any atom is 0.320 e. The number of nitrogens with zero attached hydrogens (tertiary/aromatic N) is 2. The zero-order chi connectivity index (χ0) is 16.1. The van der Waals surface area contributed by atoms with Crippen molar-refractivity contribution >= 4 is 35.1 Å². The maximum atomic E-state index is 12.0. The van der Waals surface area contributed by atoms with Crippen LogP contribution < -0.4 is 10.1 Å². The number of rotatable bonds is 3. The van der Waals surface area contributed by atoms with Gasteiger partial charge in [0.1, 0.15) is 5.75 Å². The van der Waals surface area contributed by atoms with Gasteiger partial charge >= 0.3 is 6.03 Å². The molecule has 0 aromatic heterocycles. The van der Waals surface area contributed by atoms with Crippen molar-refractivity contribution in [2.24, 2.45) is 0 Å². The molecule has 0 bridgehead atoms. The monoisotopic (exact) mass is 345 g/mol. The third kappa shape index (κ3) is 4.42. The highest BCUT2D eigenvalue weighted by atomic mass is 35.5. The summed E-state index contributed by atoms with van der Waals surface area (Å²) in [5.41, 5.74) is 0. The molecule has 120 valence electrons. The van der Waals surface area contributed by atoms with E-state index in [-0.39, 0.29) is 18.7 Å². The molecule has 0 saturated carbocycles. The van der Waals surface area contributed by atoms with Gasteiger partial charge in [0.15, 0.2) is 6.73 Å². The first-order valence-corrected chi connectivity index (χ1v) is 7.59. The number of urea groups is 1. The first kappa shape index (κ1) is 16.7. The zero-order valence-corrected chi connectivity index (χ0v) is 13.7. The van der Waals surface area contributed by atoms with E-state index in [0.717, 1.165) is 0 Å². The number of halogens is 2. The van der Waals surface area contributed by atoms with Crippen molar-refractivity contribution in [1.82, 2.24) is 15.1 Å². The molecule has 1 aliphatic heterocycles. The van der Waals surface area contributed by atoms with E-state index in [1.165, 1.54) is 6.92 Å². The number of amides is 3. The summed E-state index contributed by atoms with van der Waals surface area (Å²) in [6.45, 7) is 3.64. The summed E-state index contributed by atoms with van der Waals surface area (Å²) in [5.74, 6) is 0.480. The van der Waals surface area contributed by atoms with E-state index in [4.69, 9.17) is 27.9 Å². The van der Waals surface area contributed by atoms with Gasteiger partial charge in [-0.3, -0.25) is 4.79 Å². The van der Waals surface area contributed by atoms with Crippen molar-refractivity contribution in [3.05, 3.63) is 28.2 Å². The largest absolute Gasteiger partial charge is 0.472 e. The molecule has 22 heavy (non-hydrogen) atoms. The third-order valence-corrected chi connectivity index (χ3v) is 3.89. The molecule has 1 aliphatic rings. The fourth-order valence-electron chi connectivity index (χ4n) is 2.10. The normalized spacial score (nSPS) is 14.7. The van der Waals surface area contributed by atoms with Gasteiger partial charge in [-0.15, -0.1) is 0 Å². The lowest BCUT2D eigenvalue weighted by atomic mass is 10.3. The van der Waals surface area contributed by atoms with Gasteiger partial charge in [-0.05, 0) is 18.2 Å². The van der Waals surface area contributed by atoms with E-state index in [0.29, 0.717) is 42.0 Å². The predicted octanol–water partition coefficient (Wildman–Crippen LogP) is 2.20. The van der Waals surface area contributed by atoms with E-state index in [9.17, 15) is 9.59 Å². The number of carbonyl (C=O) groups is 2. The molecule has 3 amide bonds. The van der Waals surface area contributed by atoms with Crippen LogP contribution in [0.15, 0.2) is 18.2 Å². The molecule has 2 rings (SSSR count). The molecule has 6 nitrogen and oxygen atoms in total. The summed E-state index contributed by atoms with van der Waals surface area (Å²) in [6, 6.07) is 4.64. The number of hydrogen-bond acceptors (Lipinski definition) is 3. The molecule has 0 spiro atoms. The van der Waals surface area contributed by atoms with Crippen LogP contribution >= 0.6 is 23.2 Å². The molecule has 0 aliphatic carbocycles. The van der Waals surface area contributed by atoms with E-state index in [1.54, 1.807) is 28.0 Å². The van der Waals surface area contributed by atoms with Crippen molar-refractivity contribution in [2.45, 2.75) is 6.92 Å². The van der Waals surface area contributed by atoms with Gasteiger partial charge < -0.3 is 19.9 Å².